The Labute approximate surface area is 97.0 Å². The highest BCUT2D eigenvalue weighted by Gasteiger charge is 2.04. The van der Waals surface area contributed by atoms with Gasteiger partial charge in [0.05, 0.1) is 0 Å². The molecular weight excluding hydrogens is 182 g/mol. The third kappa shape index (κ3) is 11.9. The molecule has 0 radical (unpaired) electrons. The smallest absolute Gasteiger partial charge is 0.00231 e. The summed E-state index contributed by atoms with van der Waals surface area (Å²) in [6, 6.07) is 0. The molecule has 0 aromatic carbocycles. The van der Waals surface area contributed by atoms with Crippen LogP contribution < -0.4 is 5.32 Å². The van der Waals surface area contributed by atoms with Crippen LogP contribution in [0.5, 0.6) is 0 Å². The molecule has 1 fully saturated rings. The van der Waals surface area contributed by atoms with Gasteiger partial charge in [-0.1, -0.05) is 59.3 Å². The monoisotopic (exact) mass is 213 g/mol. The average Bonchev–Trinajstić information content (AvgIpc) is 2.27. The molecule has 1 nitrogen and oxygen atoms in total. The van der Waals surface area contributed by atoms with E-state index in [9.17, 15) is 0 Å². The van der Waals surface area contributed by atoms with Gasteiger partial charge < -0.3 is 5.32 Å². The minimum absolute atomic E-state index is 0.925. The molecule has 1 N–H and O–H groups in total. The molecule has 1 aliphatic heterocycles. The maximum Gasteiger partial charge on any atom is -0.00231 e. The Bertz CT molecular complexity index is 99.9. The van der Waals surface area contributed by atoms with Crippen molar-refractivity contribution in [3.05, 3.63) is 0 Å². The third-order valence-electron chi connectivity index (χ3n) is 3.00. The topological polar surface area (TPSA) is 12.0 Å². The van der Waals surface area contributed by atoms with E-state index in [0.29, 0.717) is 0 Å². The maximum absolute atomic E-state index is 3.33. The van der Waals surface area contributed by atoms with Crippen molar-refractivity contribution in [1.29, 1.82) is 0 Å². The first-order valence-corrected chi connectivity index (χ1v) is 7.02. The molecule has 1 heterocycles. The van der Waals surface area contributed by atoms with Crippen LogP contribution in [0.2, 0.25) is 0 Å². The van der Waals surface area contributed by atoms with Gasteiger partial charge >= 0.3 is 0 Å². The molecule has 1 aliphatic rings. The second-order valence-corrected chi connectivity index (χ2v) is 4.87. The van der Waals surface area contributed by atoms with Crippen LogP contribution in [-0.2, 0) is 0 Å². The summed E-state index contributed by atoms with van der Waals surface area (Å²) in [5.41, 5.74) is 0. The molecule has 1 atom stereocenters. The van der Waals surface area contributed by atoms with E-state index in [1.807, 2.05) is 0 Å². The SMILES string of the molecule is CC1CCCNC1.CCCCCCCC. The Morgan fingerprint density at radius 2 is 1.60 bits per heavy atom. The molecule has 1 saturated heterocycles. The van der Waals surface area contributed by atoms with E-state index in [1.165, 1.54) is 64.5 Å². The molecule has 0 spiro atoms. The standard InChI is InChI=1S/C8H18.C6H13N/c1-3-5-7-8-6-4-2;1-6-3-2-4-7-5-6/h3-8H2,1-2H3;6-7H,2-5H2,1H3. The largest absolute Gasteiger partial charge is 0.316 e. The van der Waals surface area contributed by atoms with Crippen LogP contribution in [0.1, 0.15) is 72.1 Å². The summed E-state index contributed by atoms with van der Waals surface area (Å²) in [6.07, 6.45) is 11.3. The first-order chi connectivity index (χ1) is 7.31. The highest BCUT2D eigenvalue weighted by Crippen LogP contribution is 2.06. The second kappa shape index (κ2) is 12.0. The van der Waals surface area contributed by atoms with Gasteiger partial charge in [0.2, 0.25) is 0 Å². The summed E-state index contributed by atoms with van der Waals surface area (Å²) < 4.78 is 0. The summed E-state index contributed by atoms with van der Waals surface area (Å²) in [7, 11) is 0. The lowest BCUT2D eigenvalue weighted by Gasteiger charge is -2.17. The van der Waals surface area contributed by atoms with Gasteiger partial charge in [0, 0.05) is 0 Å². The van der Waals surface area contributed by atoms with Gasteiger partial charge in [0.15, 0.2) is 0 Å². The van der Waals surface area contributed by atoms with Crippen molar-refractivity contribution in [2.24, 2.45) is 5.92 Å². The second-order valence-electron chi connectivity index (χ2n) is 4.87. The molecule has 1 unspecified atom stereocenters. The van der Waals surface area contributed by atoms with Crippen LogP contribution in [0.15, 0.2) is 0 Å². The molecule has 0 aromatic heterocycles. The summed E-state index contributed by atoms with van der Waals surface area (Å²) in [6.45, 7) is 9.29. The fourth-order valence-corrected chi connectivity index (χ4v) is 1.88. The molecular formula is C14H31N. The van der Waals surface area contributed by atoms with Crippen molar-refractivity contribution in [1.82, 2.24) is 5.32 Å². The number of unbranched alkanes of at least 4 members (excludes halogenated alkanes) is 5. The van der Waals surface area contributed by atoms with Gasteiger partial charge in [0.1, 0.15) is 0 Å². The van der Waals surface area contributed by atoms with Crippen LogP contribution in [0, 0.1) is 5.92 Å². The van der Waals surface area contributed by atoms with Crippen molar-refractivity contribution < 1.29 is 0 Å². The summed E-state index contributed by atoms with van der Waals surface area (Å²) in [5, 5.41) is 3.33. The average molecular weight is 213 g/mol. The van der Waals surface area contributed by atoms with Gasteiger partial charge in [-0.25, -0.2) is 0 Å². The van der Waals surface area contributed by atoms with E-state index in [0.717, 1.165) is 5.92 Å². The molecule has 1 heteroatoms. The summed E-state index contributed by atoms with van der Waals surface area (Å²) >= 11 is 0. The number of rotatable bonds is 5. The van der Waals surface area contributed by atoms with Crippen molar-refractivity contribution in [3.8, 4) is 0 Å². The van der Waals surface area contributed by atoms with Gasteiger partial charge in [-0.15, -0.1) is 0 Å². The minimum Gasteiger partial charge on any atom is -0.316 e. The summed E-state index contributed by atoms with van der Waals surface area (Å²) in [5.74, 6) is 0.925. The highest BCUT2D eigenvalue weighted by molar-refractivity contribution is 4.63. The normalized spacial score (nSPS) is 20.6. The molecule has 15 heavy (non-hydrogen) atoms. The van der Waals surface area contributed by atoms with Crippen LogP contribution in [-0.4, -0.2) is 13.1 Å². The molecule has 1 rings (SSSR count). The summed E-state index contributed by atoms with van der Waals surface area (Å²) in [4.78, 5) is 0. The lowest BCUT2D eigenvalue weighted by atomic mass is 10.0. The zero-order chi connectivity index (χ0) is 11.4. The lowest BCUT2D eigenvalue weighted by Crippen LogP contribution is -2.27. The number of hydrogen-bond acceptors (Lipinski definition) is 1. The first kappa shape index (κ1) is 15.0. The van der Waals surface area contributed by atoms with Gasteiger partial charge in [-0.05, 0) is 31.8 Å². The van der Waals surface area contributed by atoms with E-state index in [1.54, 1.807) is 0 Å². The van der Waals surface area contributed by atoms with Crippen LogP contribution in [0.4, 0.5) is 0 Å². The quantitative estimate of drug-likeness (QED) is 0.669. The number of hydrogen-bond donors (Lipinski definition) is 1. The molecule has 0 saturated carbocycles. The fraction of sp³-hybridized carbons (Fsp3) is 1.00. The van der Waals surface area contributed by atoms with E-state index in [2.05, 4.69) is 26.1 Å². The van der Waals surface area contributed by atoms with Gasteiger partial charge in [-0.3, -0.25) is 0 Å². The first-order valence-electron chi connectivity index (χ1n) is 7.02. The van der Waals surface area contributed by atoms with Crippen molar-refractivity contribution in [3.63, 3.8) is 0 Å². The van der Waals surface area contributed by atoms with Crippen molar-refractivity contribution >= 4 is 0 Å². The Balaban J connectivity index is 0.000000262. The van der Waals surface area contributed by atoms with Gasteiger partial charge in [0.25, 0.3) is 0 Å². The highest BCUT2D eigenvalue weighted by atomic mass is 14.9. The molecule has 0 aromatic rings. The Morgan fingerprint density at radius 1 is 1.00 bits per heavy atom. The maximum atomic E-state index is 3.33. The van der Waals surface area contributed by atoms with Crippen molar-refractivity contribution in [2.45, 2.75) is 72.1 Å². The van der Waals surface area contributed by atoms with Crippen LogP contribution in [0.25, 0.3) is 0 Å². The van der Waals surface area contributed by atoms with E-state index in [-0.39, 0.29) is 0 Å². The predicted molar refractivity (Wildman–Crippen MR) is 70.3 cm³/mol. The molecule has 0 amide bonds. The Kier molecular flexibility index (Phi) is 12.0. The fourth-order valence-electron chi connectivity index (χ4n) is 1.88. The van der Waals surface area contributed by atoms with E-state index < -0.39 is 0 Å². The van der Waals surface area contributed by atoms with Gasteiger partial charge in [-0.2, -0.15) is 0 Å². The third-order valence-corrected chi connectivity index (χ3v) is 3.00. The lowest BCUT2D eigenvalue weighted by molar-refractivity contribution is 0.405. The van der Waals surface area contributed by atoms with Crippen LogP contribution >= 0.6 is 0 Å². The Morgan fingerprint density at radius 3 is 1.87 bits per heavy atom. The predicted octanol–water partition coefficient (Wildman–Crippen LogP) is 4.37. The van der Waals surface area contributed by atoms with Crippen molar-refractivity contribution in [2.75, 3.05) is 13.1 Å². The van der Waals surface area contributed by atoms with Crippen LogP contribution in [0.3, 0.4) is 0 Å². The minimum atomic E-state index is 0.925. The zero-order valence-electron chi connectivity index (χ0n) is 11.1. The molecule has 92 valence electrons. The number of piperidine rings is 1. The number of nitrogens with one attached hydrogen (secondary N) is 1. The molecule has 0 bridgehead atoms. The Hall–Kier alpha value is -0.0400. The van der Waals surface area contributed by atoms with E-state index >= 15 is 0 Å². The van der Waals surface area contributed by atoms with E-state index in [4.69, 9.17) is 0 Å². The zero-order valence-corrected chi connectivity index (χ0v) is 11.1. The molecule has 0 aliphatic carbocycles.